The number of rotatable bonds is 6. The van der Waals surface area contributed by atoms with E-state index in [1.54, 1.807) is 19.0 Å². The van der Waals surface area contributed by atoms with E-state index < -0.39 is 0 Å². The fourth-order valence-corrected chi connectivity index (χ4v) is 3.39. The number of carbonyl (C=O) groups excluding carboxylic acids is 2. The highest BCUT2D eigenvalue weighted by atomic mass is 32.1. The van der Waals surface area contributed by atoms with Gasteiger partial charge in [-0.1, -0.05) is 6.92 Å². The fourth-order valence-electron chi connectivity index (χ4n) is 1.73. The van der Waals surface area contributed by atoms with Gasteiger partial charge in [-0.05, 0) is 18.6 Å². The molecule has 2 aromatic rings. The molecule has 0 unspecified atom stereocenters. The van der Waals surface area contributed by atoms with Crippen LogP contribution in [0.1, 0.15) is 33.4 Å². The molecule has 0 aliphatic rings. The molecule has 0 aromatic carbocycles. The van der Waals surface area contributed by atoms with E-state index in [0.29, 0.717) is 0 Å². The molecule has 3 N–H and O–H groups in total. The highest BCUT2D eigenvalue weighted by Gasteiger charge is 2.09. The first kappa shape index (κ1) is 21.0. The van der Waals surface area contributed by atoms with Crippen LogP contribution in [-0.4, -0.2) is 51.4 Å². The van der Waals surface area contributed by atoms with Gasteiger partial charge in [0.05, 0.1) is 15.4 Å². The van der Waals surface area contributed by atoms with Crippen molar-refractivity contribution in [2.75, 3.05) is 45.4 Å². The number of nitrogens with zero attached hydrogens (tertiary/aromatic N) is 1. The zero-order valence-corrected chi connectivity index (χ0v) is 16.9. The zero-order valence-electron chi connectivity index (χ0n) is 15.3. The van der Waals surface area contributed by atoms with Crippen molar-refractivity contribution in [2.45, 2.75) is 13.3 Å². The molecular formula is C17H26N4O2S2. The monoisotopic (exact) mass is 382 g/mol. The summed E-state index contributed by atoms with van der Waals surface area (Å²) in [6.07, 6.45) is 0.967. The third kappa shape index (κ3) is 6.75. The molecule has 0 aliphatic carbocycles. The maximum Gasteiger partial charge on any atom is 0.263 e. The van der Waals surface area contributed by atoms with Gasteiger partial charge >= 0.3 is 0 Å². The number of anilines is 2. The largest absolute Gasteiger partial charge is 0.387 e. The Morgan fingerprint density at radius 3 is 2.28 bits per heavy atom. The Kier molecular flexibility index (Phi) is 9.01. The second kappa shape index (κ2) is 10.7. The van der Waals surface area contributed by atoms with Crippen LogP contribution in [0.25, 0.3) is 0 Å². The van der Waals surface area contributed by atoms with Crippen molar-refractivity contribution in [3.8, 4) is 0 Å². The van der Waals surface area contributed by atoms with Gasteiger partial charge in [0.1, 0.15) is 0 Å². The Labute approximate surface area is 157 Å². The predicted octanol–water partition coefficient (Wildman–Crippen LogP) is 3.42. The van der Waals surface area contributed by atoms with Crippen molar-refractivity contribution in [3.63, 3.8) is 0 Å². The van der Waals surface area contributed by atoms with Gasteiger partial charge in [0.2, 0.25) is 0 Å². The minimum Gasteiger partial charge on any atom is -0.387 e. The van der Waals surface area contributed by atoms with Crippen molar-refractivity contribution in [2.24, 2.45) is 0 Å². The van der Waals surface area contributed by atoms with Gasteiger partial charge in [0, 0.05) is 51.2 Å². The van der Waals surface area contributed by atoms with Crippen molar-refractivity contribution in [1.82, 2.24) is 10.2 Å². The second-order valence-electron chi connectivity index (χ2n) is 5.35. The van der Waals surface area contributed by atoms with Crippen LogP contribution in [0.3, 0.4) is 0 Å². The van der Waals surface area contributed by atoms with Gasteiger partial charge in [0.25, 0.3) is 11.8 Å². The van der Waals surface area contributed by atoms with Crippen LogP contribution in [0.15, 0.2) is 22.9 Å². The van der Waals surface area contributed by atoms with Gasteiger partial charge in [-0.15, -0.1) is 22.7 Å². The van der Waals surface area contributed by atoms with E-state index in [4.69, 9.17) is 0 Å². The van der Waals surface area contributed by atoms with Crippen molar-refractivity contribution in [3.05, 3.63) is 33.3 Å². The molecule has 0 radical (unpaired) electrons. The fraction of sp³-hybridized carbons (Fsp3) is 0.412. The summed E-state index contributed by atoms with van der Waals surface area (Å²) in [6.45, 7) is 2.77. The first-order chi connectivity index (χ1) is 11.9. The molecule has 0 saturated carbocycles. The van der Waals surface area contributed by atoms with E-state index in [0.717, 1.165) is 34.1 Å². The number of carbonyl (C=O) groups is 2. The summed E-state index contributed by atoms with van der Waals surface area (Å²) in [4.78, 5) is 25.1. The minimum absolute atomic E-state index is 0.0135. The standard InChI is InChI=1S/C9H14N2OS.C8H12N2OS/c1-3-4-11-9(12)7-5-8(10-2)13-6-7;1-9-6-4-7(12-5-6)8(11)10(2)3/h5-6,10H,3-4H2,1-2H3,(H,11,12);4-5,9H,1-3H3. The van der Waals surface area contributed by atoms with E-state index in [2.05, 4.69) is 16.0 Å². The predicted molar refractivity (Wildman–Crippen MR) is 108 cm³/mol. The highest BCUT2D eigenvalue weighted by Crippen LogP contribution is 2.20. The summed E-state index contributed by atoms with van der Waals surface area (Å²) in [7, 11) is 7.19. The topological polar surface area (TPSA) is 73.5 Å². The molecule has 2 aromatic heterocycles. The minimum atomic E-state index is 0.0135. The van der Waals surface area contributed by atoms with Crippen LogP contribution in [0, 0.1) is 0 Å². The molecule has 0 spiro atoms. The number of thiophene rings is 2. The lowest BCUT2D eigenvalue weighted by atomic mass is 10.3. The molecule has 0 aliphatic heterocycles. The Hall–Kier alpha value is -2.06. The van der Waals surface area contributed by atoms with E-state index in [1.165, 1.54) is 22.7 Å². The maximum atomic E-state index is 11.4. The molecule has 2 heterocycles. The van der Waals surface area contributed by atoms with Crippen molar-refractivity contribution in [1.29, 1.82) is 0 Å². The number of amides is 2. The third-order valence-corrected chi connectivity index (χ3v) is 5.01. The van der Waals surface area contributed by atoms with Gasteiger partial charge in [0.15, 0.2) is 0 Å². The smallest absolute Gasteiger partial charge is 0.263 e. The van der Waals surface area contributed by atoms with Crippen molar-refractivity contribution >= 4 is 45.2 Å². The zero-order chi connectivity index (χ0) is 18.8. The number of nitrogens with one attached hydrogen (secondary N) is 3. The summed E-state index contributed by atoms with van der Waals surface area (Å²) < 4.78 is 0. The summed E-state index contributed by atoms with van der Waals surface area (Å²) >= 11 is 3.00. The van der Waals surface area contributed by atoms with Crippen molar-refractivity contribution < 1.29 is 9.59 Å². The second-order valence-corrected chi connectivity index (χ2v) is 7.18. The Bertz CT molecular complexity index is 680. The van der Waals surface area contributed by atoms with Gasteiger partial charge < -0.3 is 20.9 Å². The summed E-state index contributed by atoms with van der Waals surface area (Å²) in [5, 5.41) is 13.6. The molecule has 0 bridgehead atoms. The van der Waals surface area contributed by atoms with Crippen LogP contribution in [0.4, 0.5) is 10.7 Å². The molecule has 25 heavy (non-hydrogen) atoms. The van der Waals surface area contributed by atoms with Gasteiger partial charge in [-0.25, -0.2) is 0 Å². The highest BCUT2D eigenvalue weighted by molar-refractivity contribution is 7.14. The quantitative estimate of drug-likeness (QED) is 0.716. The van der Waals surface area contributed by atoms with Crippen LogP contribution in [-0.2, 0) is 0 Å². The molecule has 2 rings (SSSR count). The molecule has 138 valence electrons. The summed E-state index contributed by atoms with van der Waals surface area (Å²) in [6, 6.07) is 3.71. The van der Waals surface area contributed by atoms with Crippen LogP contribution >= 0.6 is 22.7 Å². The Morgan fingerprint density at radius 2 is 1.80 bits per heavy atom. The molecule has 0 saturated heterocycles. The average Bonchev–Trinajstić information content (AvgIpc) is 3.28. The molecule has 8 heteroatoms. The maximum absolute atomic E-state index is 11.4. The molecule has 0 atom stereocenters. The first-order valence-electron chi connectivity index (χ1n) is 7.95. The lowest BCUT2D eigenvalue weighted by Gasteiger charge is -2.06. The SMILES string of the molecule is CCCNC(=O)c1csc(NC)c1.CNc1csc(C(=O)N(C)C)c1. The van der Waals surface area contributed by atoms with E-state index in [9.17, 15) is 9.59 Å². The molecule has 0 fully saturated rings. The van der Waals surface area contributed by atoms with Gasteiger partial charge in [-0.2, -0.15) is 0 Å². The van der Waals surface area contributed by atoms with E-state index >= 15 is 0 Å². The summed E-state index contributed by atoms with van der Waals surface area (Å²) in [5.74, 6) is 0.0705. The lowest BCUT2D eigenvalue weighted by Crippen LogP contribution is -2.23. The van der Waals surface area contributed by atoms with Crippen LogP contribution in [0.2, 0.25) is 0 Å². The third-order valence-electron chi connectivity index (χ3n) is 3.15. The summed E-state index contributed by atoms with van der Waals surface area (Å²) in [5.41, 5.74) is 1.73. The van der Waals surface area contributed by atoms with E-state index in [1.807, 2.05) is 43.9 Å². The normalized spacial score (nSPS) is 9.64. The molecular weight excluding hydrogens is 356 g/mol. The van der Waals surface area contributed by atoms with Gasteiger partial charge in [-0.3, -0.25) is 9.59 Å². The van der Waals surface area contributed by atoms with E-state index in [-0.39, 0.29) is 11.8 Å². The Balaban J connectivity index is 0.000000251. The van der Waals surface area contributed by atoms with Crippen LogP contribution in [0.5, 0.6) is 0 Å². The van der Waals surface area contributed by atoms with Crippen LogP contribution < -0.4 is 16.0 Å². The first-order valence-corrected chi connectivity index (χ1v) is 9.71. The lowest BCUT2D eigenvalue weighted by molar-refractivity contribution is 0.0832. The molecule has 2 amide bonds. The Morgan fingerprint density at radius 1 is 1.08 bits per heavy atom. The number of hydrogen-bond donors (Lipinski definition) is 3. The number of hydrogen-bond acceptors (Lipinski definition) is 6. The average molecular weight is 383 g/mol. The molecule has 6 nitrogen and oxygen atoms in total.